The van der Waals surface area contributed by atoms with Crippen LogP contribution < -0.4 is 9.64 Å². The summed E-state index contributed by atoms with van der Waals surface area (Å²) in [5.41, 5.74) is 8.05. The average Bonchev–Trinajstić information content (AvgIpc) is 3.08. The molecule has 35 heavy (non-hydrogen) atoms. The zero-order chi connectivity index (χ0) is 23.6. The molecule has 1 aliphatic heterocycles. The summed E-state index contributed by atoms with van der Waals surface area (Å²) in [7, 11) is 0. The van der Waals surface area contributed by atoms with Crippen LogP contribution >= 0.6 is 0 Å². The third kappa shape index (κ3) is 4.28. The molecule has 0 N–H and O–H groups in total. The van der Waals surface area contributed by atoms with E-state index in [0.717, 1.165) is 62.5 Å². The maximum Gasteiger partial charge on any atom is 0.238 e. The SMILES string of the molecule is CCCOc1nc2ccccc2cc1N1CCN(C2c3ccccc3CCc3ccccc32)CC1. The lowest BCUT2D eigenvalue weighted by Gasteiger charge is -2.41. The maximum absolute atomic E-state index is 6.13. The number of aromatic nitrogens is 1. The van der Waals surface area contributed by atoms with Crippen molar-refractivity contribution in [2.45, 2.75) is 32.2 Å². The topological polar surface area (TPSA) is 28.6 Å². The molecule has 4 nitrogen and oxygen atoms in total. The average molecular weight is 464 g/mol. The lowest BCUT2D eigenvalue weighted by Crippen LogP contribution is -2.48. The Labute approximate surface area is 208 Å². The molecule has 1 aliphatic carbocycles. The van der Waals surface area contributed by atoms with Crippen LogP contribution in [-0.2, 0) is 12.8 Å². The van der Waals surface area contributed by atoms with E-state index in [2.05, 4.69) is 89.5 Å². The van der Waals surface area contributed by atoms with Crippen molar-refractivity contribution >= 4 is 16.6 Å². The van der Waals surface area contributed by atoms with E-state index in [0.29, 0.717) is 12.6 Å². The third-order valence-electron chi connectivity index (χ3n) is 7.50. The summed E-state index contributed by atoms with van der Waals surface area (Å²) in [5.74, 6) is 0.768. The zero-order valence-corrected chi connectivity index (χ0v) is 20.5. The minimum Gasteiger partial charge on any atom is -0.476 e. The molecule has 0 radical (unpaired) electrons. The van der Waals surface area contributed by atoms with Gasteiger partial charge in [0, 0.05) is 31.6 Å². The van der Waals surface area contributed by atoms with Crippen molar-refractivity contribution in [3.63, 3.8) is 0 Å². The summed E-state index contributed by atoms with van der Waals surface area (Å²) < 4.78 is 6.13. The van der Waals surface area contributed by atoms with Gasteiger partial charge in [0.2, 0.25) is 5.88 Å². The van der Waals surface area contributed by atoms with Gasteiger partial charge in [-0.25, -0.2) is 4.98 Å². The number of rotatable bonds is 5. The van der Waals surface area contributed by atoms with Crippen LogP contribution in [0.5, 0.6) is 5.88 Å². The predicted molar refractivity (Wildman–Crippen MR) is 143 cm³/mol. The molecule has 0 spiro atoms. The van der Waals surface area contributed by atoms with Crippen molar-refractivity contribution in [2.24, 2.45) is 0 Å². The maximum atomic E-state index is 6.13. The second kappa shape index (κ2) is 9.71. The van der Waals surface area contributed by atoms with Crippen LogP contribution in [0.4, 0.5) is 5.69 Å². The fourth-order valence-corrected chi connectivity index (χ4v) is 5.73. The van der Waals surface area contributed by atoms with E-state index in [9.17, 15) is 0 Å². The van der Waals surface area contributed by atoms with Crippen molar-refractivity contribution in [1.82, 2.24) is 9.88 Å². The molecule has 2 aliphatic rings. The Morgan fingerprint density at radius 1 is 0.800 bits per heavy atom. The number of para-hydroxylation sites is 1. The second-order valence-electron chi connectivity index (χ2n) is 9.68. The largest absolute Gasteiger partial charge is 0.476 e. The first-order valence-corrected chi connectivity index (χ1v) is 13.0. The van der Waals surface area contributed by atoms with Gasteiger partial charge in [-0.15, -0.1) is 0 Å². The Kier molecular flexibility index (Phi) is 6.13. The highest BCUT2D eigenvalue weighted by molar-refractivity contribution is 5.84. The molecule has 4 aromatic rings. The van der Waals surface area contributed by atoms with E-state index >= 15 is 0 Å². The Balaban J connectivity index is 1.30. The molecular weight excluding hydrogens is 430 g/mol. The number of aryl methyl sites for hydroxylation is 2. The fourth-order valence-electron chi connectivity index (χ4n) is 5.73. The molecule has 0 atom stereocenters. The van der Waals surface area contributed by atoms with Crippen LogP contribution in [0.15, 0.2) is 78.9 Å². The number of ether oxygens (including phenoxy) is 1. The first kappa shape index (κ1) is 22.1. The molecule has 6 rings (SSSR count). The Morgan fingerprint density at radius 2 is 1.43 bits per heavy atom. The molecule has 1 aromatic heterocycles. The van der Waals surface area contributed by atoms with Crippen molar-refractivity contribution in [3.05, 3.63) is 101 Å². The normalized spacial score (nSPS) is 16.5. The van der Waals surface area contributed by atoms with Gasteiger partial charge in [0.25, 0.3) is 0 Å². The number of fused-ring (bicyclic) bond motifs is 3. The highest BCUT2D eigenvalue weighted by atomic mass is 16.5. The number of piperazine rings is 1. The molecule has 0 unspecified atom stereocenters. The van der Waals surface area contributed by atoms with Gasteiger partial charge in [0.1, 0.15) is 5.69 Å². The van der Waals surface area contributed by atoms with Crippen molar-refractivity contribution in [3.8, 4) is 5.88 Å². The van der Waals surface area contributed by atoms with Gasteiger partial charge in [0.15, 0.2) is 0 Å². The lowest BCUT2D eigenvalue weighted by atomic mass is 9.92. The number of hydrogen-bond donors (Lipinski definition) is 0. The van der Waals surface area contributed by atoms with E-state index in [-0.39, 0.29) is 0 Å². The van der Waals surface area contributed by atoms with Crippen LogP contribution in [-0.4, -0.2) is 42.7 Å². The zero-order valence-electron chi connectivity index (χ0n) is 20.5. The van der Waals surface area contributed by atoms with Gasteiger partial charge in [-0.05, 0) is 53.6 Å². The van der Waals surface area contributed by atoms with E-state index in [1.165, 1.54) is 27.6 Å². The first-order chi connectivity index (χ1) is 17.3. The second-order valence-corrected chi connectivity index (χ2v) is 9.68. The highest BCUT2D eigenvalue weighted by Gasteiger charge is 2.31. The Morgan fingerprint density at radius 3 is 2.11 bits per heavy atom. The summed E-state index contributed by atoms with van der Waals surface area (Å²) in [6.07, 6.45) is 3.21. The van der Waals surface area contributed by atoms with Gasteiger partial charge in [-0.3, -0.25) is 4.90 Å². The smallest absolute Gasteiger partial charge is 0.238 e. The molecule has 1 saturated heterocycles. The van der Waals surface area contributed by atoms with Crippen LogP contribution in [0, 0.1) is 0 Å². The summed E-state index contributed by atoms with van der Waals surface area (Å²) in [6, 6.07) is 29.0. The first-order valence-electron chi connectivity index (χ1n) is 13.0. The minimum absolute atomic E-state index is 0.317. The number of nitrogens with zero attached hydrogens (tertiary/aromatic N) is 3. The van der Waals surface area contributed by atoms with Gasteiger partial charge in [-0.1, -0.05) is 73.7 Å². The molecule has 3 aromatic carbocycles. The monoisotopic (exact) mass is 463 g/mol. The molecular formula is C31H33N3O. The van der Waals surface area contributed by atoms with E-state index in [1.807, 2.05) is 6.07 Å². The van der Waals surface area contributed by atoms with Gasteiger partial charge in [0.05, 0.1) is 18.2 Å². The van der Waals surface area contributed by atoms with Crippen LogP contribution in [0.3, 0.4) is 0 Å². The van der Waals surface area contributed by atoms with Crippen LogP contribution in [0.2, 0.25) is 0 Å². The highest BCUT2D eigenvalue weighted by Crippen LogP contribution is 2.38. The minimum atomic E-state index is 0.317. The summed E-state index contributed by atoms with van der Waals surface area (Å²) in [5, 5.41) is 1.17. The van der Waals surface area contributed by atoms with Crippen molar-refractivity contribution in [2.75, 3.05) is 37.7 Å². The lowest BCUT2D eigenvalue weighted by molar-refractivity contribution is 0.211. The molecule has 178 valence electrons. The van der Waals surface area contributed by atoms with E-state index < -0.39 is 0 Å². The third-order valence-corrected chi connectivity index (χ3v) is 7.50. The summed E-state index contributed by atoms with van der Waals surface area (Å²) >= 11 is 0. The number of anilines is 1. The number of benzene rings is 3. The van der Waals surface area contributed by atoms with Gasteiger partial charge >= 0.3 is 0 Å². The quantitative estimate of drug-likeness (QED) is 0.361. The molecule has 1 fully saturated rings. The summed E-state index contributed by atoms with van der Waals surface area (Å²) in [4.78, 5) is 10.0. The molecule has 0 amide bonds. The molecule has 0 bridgehead atoms. The van der Waals surface area contributed by atoms with Gasteiger partial charge < -0.3 is 9.64 Å². The molecule has 0 saturated carbocycles. The predicted octanol–water partition coefficient (Wildman–Crippen LogP) is 6.03. The number of hydrogen-bond acceptors (Lipinski definition) is 4. The van der Waals surface area contributed by atoms with Gasteiger partial charge in [-0.2, -0.15) is 0 Å². The number of pyridine rings is 1. The Bertz CT molecular complexity index is 1280. The molecule has 2 heterocycles. The molecule has 4 heteroatoms. The Hall–Kier alpha value is -3.37. The standard InChI is InChI=1S/C31H33N3O/c1-2-21-35-31-29(22-25-11-5-8-14-28(25)32-31)33-17-19-34(20-18-33)30-26-12-6-3-9-23(26)15-16-24-10-4-7-13-27(24)30/h3-14,22,30H,2,15-21H2,1H3. The van der Waals surface area contributed by atoms with Crippen molar-refractivity contribution < 1.29 is 4.74 Å². The van der Waals surface area contributed by atoms with Crippen LogP contribution in [0.1, 0.15) is 41.6 Å². The van der Waals surface area contributed by atoms with E-state index in [1.54, 1.807) is 0 Å². The van der Waals surface area contributed by atoms with E-state index in [4.69, 9.17) is 9.72 Å². The van der Waals surface area contributed by atoms with Crippen LogP contribution in [0.25, 0.3) is 10.9 Å². The fraction of sp³-hybridized carbons (Fsp3) is 0.323. The van der Waals surface area contributed by atoms with Crippen molar-refractivity contribution in [1.29, 1.82) is 0 Å². The summed E-state index contributed by atoms with van der Waals surface area (Å²) in [6.45, 7) is 6.77.